The van der Waals surface area contributed by atoms with Crippen LogP contribution in [0.4, 0.5) is 0 Å². The van der Waals surface area contributed by atoms with Crippen LogP contribution in [0, 0.1) is 0 Å². The predicted molar refractivity (Wildman–Crippen MR) is 101 cm³/mol. The van der Waals surface area contributed by atoms with E-state index in [-0.39, 0.29) is 0 Å². The highest BCUT2D eigenvalue weighted by Gasteiger charge is 2.08. The van der Waals surface area contributed by atoms with E-state index in [1.807, 2.05) is 48.5 Å². The van der Waals surface area contributed by atoms with E-state index < -0.39 is 5.91 Å². The number of aryl methyl sites for hydroxylation is 1. The van der Waals surface area contributed by atoms with Crippen LogP contribution in [0.3, 0.4) is 0 Å². The molecule has 0 bridgehead atoms. The molecule has 0 atom stereocenters. The highest BCUT2D eigenvalue weighted by Crippen LogP contribution is 2.23. The summed E-state index contributed by atoms with van der Waals surface area (Å²) >= 11 is 0. The fourth-order valence-electron chi connectivity index (χ4n) is 3.08. The SMILES string of the molecule is C[n+]1ccc(-c2cnc3c(ccn3Cc3ccc(C(=O)NO)cc3)c2)cc1. The summed E-state index contributed by atoms with van der Waals surface area (Å²) in [6.07, 6.45) is 7.94. The van der Waals surface area contributed by atoms with Gasteiger partial charge in [0.1, 0.15) is 12.7 Å². The number of amides is 1. The zero-order valence-corrected chi connectivity index (χ0v) is 14.8. The van der Waals surface area contributed by atoms with E-state index in [2.05, 4.69) is 33.8 Å². The van der Waals surface area contributed by atoms with Crippen molar-refractivity contribution < 1.29 is 14.6 Å². The van der Waals surface area contributed by atoms with Gasteiger partial charge in [-0.25, -0.2) is 15.0 Å². The number of fused-ring (bicyclic) bond motifs is 1. The van der Waals surface area contributed by atoms with Gasteiger partial charge >= 0.3 is 0 Å². The lowest BCUT2D eigenvalue weighted by Crippen LogP contribution is -2.25. The first kappa shape index (κ1) is 16.9. The van der Waals surface area contributed by atoms with Crippen molar-refractivity contribution >= 4 is 16.9 Å². The zero-order chi connectivity index (χ0) is 18.8. The maximum Gasteiger partial charge on any atom is 0.274 e. The first-order valence-electron chi connectivity index (χ1n) is 8.58. The molecule has 2 N–H and O–H groups in total. The van der Waals surface area contributed by atoms with Gasteiger partial charge in [-0.1, -0.05) is 12.1 Å². The molecule has 0 saturated heterocycles. The van der Waals surface area contributed by atoms with Crippen molar-refractivity contribution in [2.75, 3.05) is 0 Å². The van der Waals surface area contributed by atoms with Crippen LogP contribution < -0.4 is 10.0 Å². The Balaban J connectivity index is 1.60. The van der Waals surface area contributed by atoms with Gasteiger partial charge in [-0.15, -0.1) is 0 Å². The molecule has 0 aliphatic heterocycles. The summed E-state index contributed by atoms with van der Waals surface area (Å²) in [4.78, 5) is 16.1. The molecule has 0 aliphatic rings. The second-order valence-corrected chi connectivity index (χ2v) is 6.47. The molecule has 1 amide bonds. The molecule has 6 nitrogen and oxygen atoms in total. The lowest BCUT2D eigenvalue weighted by Gasteiger charge is -2.07. The minimum absolute atomic E-state index is 0.414. The zero-order valence-electron chi connectivity index (χ0n) is 14.8. The van der Waals surface area contributed by atoms with Gasteiger partial charge in [0.15, 0.2) is 12.4 Å². The molecule has 0 fully saturated rings. The molecular weight excluding hydrogens is 340 g/mol. The first-order valence-corrected chi connectivity index (χ1v) is 8.58. The molecule has 0 radical (unpaired) electrons. The van der Waals surface area contributed by atoms with Crippen molar-refractivity contribution in [3.63, 3.8) is 0 Å². The Labute approximate surface area is 156 Å². The van der Waals surface area contributed by atoms with Crippen LogP contribution in [0.2, 0.25) is 0 Å². The van der Waals surface area contributed by atoms with Gasteiger partial charge in [0.2, 0.25) is 0 Å². The fourth-order valence-corrected chi connectivity index (χ4v) is 3.08. The second-order valence-electron chi connectivity index (χ2n) is 6.47. The number of aromatic nitrogens is 3. The molecule has 0 aliphatic carbocycles. The number of rotatable bonds is 4. The highest BCUT2D eigenvalue weighted by atomic mass is 16.5. The molecule has 3 heterocycles. The van der Waals surface area contributed by atoms with Gasteiger partial charge in [-0.3, -0.25) is 10.0 Å². The molecule has 4 aromatic rings. The maximum atomic E-state index is 11.4. The van der Waals surface area contributed by atoms with Gasteiger partial charge < -0.3 is 4.57 Å². The second kappa shape index (κ2) is 7.01. The molecule has 0 spiro atoms. The smallest absolute Gasteiger partial charge is 0.274 e. The summed E-state index contributed by atoms with van der Waals surface area (Å²) in [7, 11) is 1.99. The van der Waals surface area contributed by atoms with E-state index in [4.69, 9.17) is 5.21 Å². The molecule has 27 heavy (non-hydrogen) atoms. The van der Waals surface area contributed by atoms with Crippen molar-refractivity contribution in [1.29, 1.82) is 0 Å². The van der Waals surface area contributed by atoms with Crippen molar-refractivity contribution in [2.24, 2.45) is 7.05 Å². The summed E-state index contributed by atoms with van der Waals surface area (Å²) < 4.78 is 4.08. The number of benzene rings is 1. The number of hydroxylamine groups is 1. The Bertz CT molecular complexity index is 1100. The van der Waals surface area contributed by atoms with Gasteiger partial charge in [0, 0.05) is 47.6 Å². The lowest BCUT2D eigenvalue weighted by molar-refractivity contribution is -0.671. The quantitative estimate of drug-likeness (QED) is 0.334. The molecule has 4 rings (SSSR count). The largest absolute Gasteiger partial charge is 0.328 e. The summed E-state index contributed by atoms with van der Waals surface area (Å²) in [6.45, 7) is 0.651. The Morgan fingerprint density at radius 1 is 1.11 bits per heavy atom. The minimum atomic E-state index is -0.517. The number of nitrogens with one attached hydrogen (secondary N) is 1. The highest BCUT2D eigenvalue weighted by molar-refractivity contribution is 5.93. The fraction of sp³-hybridized carbons (Fsp3) is 0.0952. The Kier molecular flexibility index (Phi) is 4.40. The number of pyridine rings is 2. The van der Waals surface area contributed by atoms with Crippen LogP contribution >= 0.6 is 0 Å². The van der Waals surface area contributed by atoms with Gasteiger partial charge in [0.05, 0.1) is 0 Å². The van der Waals surface area contributed by atoms with Crippen LogP contribution in [0.1, 0.15) is 15.9 Å². The minimum Gasteiger partial charge on any atom is -0.328 e. The maximum absolute atomic E-state index is 11.4. The topological polar surface area (TPSA) is 71.0 Å². The molecule has 1 aromatic carbocycles. The summed E-state index contributed by atoms with van der Waals surface area (Å²) in [5.74, 6) is -0.517. The van der Waals surface area contributed by atoms with Crippen molar-refractivity contribution in [3.8, 4) is 11.1 Å². The number of carbonyl (C=O) groups excluding carboxylic acids is 1. The van der Waals surface area contributed by atoms with Gasteiger partial charge in [-0.05, 0) is 35.4 Å². The summed E-state index contributed by atoms with van der Waals surface area (Å²) in [5, 5.41) is 9.77. The molecule has 6 heteroatoms. The van der Waals surface area contributed by atoms with Gasteiger partial charge in [-0.2, -0.15) is 0 Å². The van der Waals surface area contributed by atoms with Gasteiger partial charge in [0.25, 0.3) is 5.91 Å². The van der Waals surface area contributed by atoms with E-state index in [1.54, 1.807) is 17.6 Å². The van der Waals surface area contributed by atoms with Crippen LogP contribution in [0.25, 0.3) is 22.2 Å². The summed E-state index contributed by atoms with van der Waals surface area (Å²) in [6, 6.07) is 15.5. The molecule has 134 valence electrons. The Morgan fingerprint density at radius 3 is 2.56 bits per heavy atom. The van der Waals surface area contributed by atoms with E-state index in [0.717, 1.165) is 27.7 Å². The molecule has 3 aromatic heterocycles. The Hall–Kier alpha value is -3.51. The first-order chi connectivity index (χ1) is 13.1. The number of carbonyl (C=O) groups is 1. The van der Waals surface area contributed by atoms with Crippen molar-refractivity contribution in [1.82, 2.24) is 15.0 Å². The number of hydrogen-bond donors (Lipinski definition) is 2. The van der Waals surface area contributed by atoms with Crippen LogP contribution in [0.5, 0.6) is 0 Å². The van der Waals surface area contributed by atoms with Crippen LogP contribution in [0.15, 0.2) is 73.3 Å². The van der Waals surface area contributed by atoms with E-state index in [0.29, 0.717) is 12.1 Å². The molecular formula is C21H19N4O2+. The van der Waals surface area contributed by atoms with Crippen molar-refractivity contribution in [3.05, 3.63) is 84.4 Å². The van der Waals surface area contributed by atoms with Crippen LogP contribution in [-0.4, -0.2) is 20.7 Å². The third kappa shape index (κ3) is 3.43. The lowest BCUT2D eigenvalue weighted by atomic mass is 10.1. The molecule has 0 saturated carbocycles. The van der Waals surface area contributed by atoms with E-state index in [1.165, 1.54) is 0 Å². The average Bonchev–Trinajstić information content (AvgIpc) is 3.10. The number of hydrogen-bond acceptors (Lipinski definition) is 3. The summed E-state index contributed by atoms with van der Waals surface area (Å²) in [5.41, 5.74) is 6.23. The third-order valence-corrected chi connectivity index (χ3v) is 4.58. The average molecular weight is 359 g/mol. The monoisotopic (exact) mass is 359 g/mol. The van der Waals surface area contributed by atoms with Crippen LogP contribution in [-0.2, 0) is 13.6 Å². The van der Waals surface area contributed by atoms with E-state index >= 15 is 0 Å². The van der Waals surface area contributed by atoms with E-state index in [9.17, 15) is 4.79 Å². The Morgan fingerprint density at radius 2 is 1.85 bits per heavy atom. The molecule has 0 unspecified atom stereocenters. The third-order valence-electron chi connectivity index (χ3n) is 4.58. The predicted octanol–water partition coefficient (Wildman–Crippen LogP) is 2.70. The normalized spacial score (nSPS) is 10.9. The number of nitrogens with zero attached hydrogens (tertiary/aromatic N) is 3. The van der Waals surface area contributed by atoms with Crippen molar-refractivity contribution in [2.45, 2.75) is 6.54 Å². The standard InChI is InChI=1S/C21H18N4O2/c1-24-9-6-16(7-10-24)19-12-18-8-11-25(20(18)22-13-19)14-15-2-4-17(5-3-15)21(26)23-27/h2-13H,14H2,1H3,(H-,23,26,27)/p+1.